The SMILES string of the molecule is O=Cc1occc1-c1cccc2ccsc12. The van der Waals surface area contributed by atoms with Crippen molar-refractivity contribution in [2.75, 3.05) is 0 Å². The third-order valence-corrected chi connectivity index (χ3v) is 3.53. The Morgan fingerprint density at radius 1 is 1.12 bits per heavy atom. The van der Waals surface area contributed by atoms with Crippen LogP contribution in [0.2, 0.25) is 0 Å². The van der Waals surface area contributed by atoms with E-state index in [0.717, 1.165) is 17.4 Å². The molecular weight excluding hydrogens is 220 g/mol. The molecule has 0 atom stereocenters. The molecule has 0 aliphatic rings. The van der Waals surface area contributed by atoms with Crippen molar-refractivity contribution in [3.05, 3.63) is 47.7 Å². The van der Waals surface area contributed by atoms with Crippen molar-refractivity contribution in [2.24, 2.45) is 0 Å². The van der Waals surface area contributed by atoms with E-state index in [1.807, 2.05) is 18.2 Å². The average molecular weight is 228 g/mol. The zero-order chi connectivity index (χ0) is 11.0. The molecule has 0 saturated carbocycles. The van der Waals surface area contributed by atoms with E-state index in [9.17, 15) is 4.79 Å². The highest BCUT2D eigenvalue weighted by Gasteiger charge is 2.11. The van der Waals surface area contributed by atoms with Crippen molar-refractivity contribution < 1.29 is 9.21 Å². The van der Waals surface area contributed by atoms with Crippen LogP contribution in [0.1, 0.15) is 10.6 Å². The fourth-order valence-electron chi connectivity index (χ4n) is 1.84. The summed E-state index contributed by atoms with van der Waals surface area (Å²) in [7, 11) is 0. The molecule has 2 nitrogen and oxygen atoms in total. The van der Waals surface area contributed by atoms with Crippen LogP contribution in [0.4, 0.5) is 0 Å². The minimum atomic E-state index is 0.390. The van der Waals surface area contributed by atoms with Gasteiger partial charge in [-0.1, -0.05) is 18.2 Å². The summed E-state index contributed by atoms with van der Waals surface area (Å²) in [5.74, 6) is 0.390. The van der Waals surface area contributed by atoms with Gasteiger partial charge in [0.15, 0.2) is 12.0 Å². The molecule has 2 aromatic heterocycles. The lowest BCUT2D eigenvalue weighted by atomic mass is 10.1. The number of benzene rings is 1. The summed E-state index contributed by atoms with van der Waals surface area (Å²) in [6.07, 6.45) is 2.30. The van der Waals surface area contributed by atoms with Gasteiger partial charge >= 0.3 is 0 Å². The highest BCUT2D eigenvalue weighted by atomic mass is 32.1. The first-order chi connectivity index (χ1) is 7.90. The molecule has 0 spiro atoms. The monoisotopic (exact) mass is 228 g/mol. The Balaban J connectivity index is 2.33. The number of fused-ring (bicyclic) bond motifs is 1. The molecule has 0 saturated heterocycles. The second-order valence-electron chi connectivity index (χ2n) is 3.46. The Morgan fingerprint density at radius 2 is 2.06 bits per heavy atom. The predicted molar refractivity (Wildman–Crippen MR) is 64.9 cm³/mol. The third-order valence-electron chi connectivity index (χ3n) is 2.57. The lowest BCUT2D eigenvalue weighted by Gasteiger charge is -2.00. The molecule has 2 heterocycles. The predicted octanol–water partition coefficient (Wildman–Crippen LogP) is 3.97. The van der Waals surface area contributed by atoms with E-state index < -0.39 is 0 Å². The fraction of sp³-hybridized carbons (Fsp3) is 0. The van der Waals surface area contributed by atoms with E-state index >= 15 is 0 Å². The van der Waals surface area contributed by atoms with Crippen LogP contribution < -0.4 is 0 Å². The quantitative estimate of drug-likeness (QED) is 0.621. The summed E-state index contributed by atoms with van der Waals surface area (Å²) < 4.78 is 6.32. The molecule has 78 valence electrons. The summed E-state index contributed by atoms with van der Waals surface area (Å²) >= 11 is 1.67. The maximum Gasteiger partial charge on any atom is 0.185 e. The molecule has 0 fully saturated rings. The molecule has 0 aliphatic heterocycles. The number of hydrogen-bond donors (Lipinski definition) is 0. The summed E-state index contributed by atoms with van der Waals surface area (Å²) in [6.45, 7) is 0. The number of thiophene rings is 1. The van der Waals surface area contributed by atoms with Gasteiger partial charge in [0.25, 0.3) is 0 Å². The van der Waals surface area contributed by atoms with Gasteiger partial charge in [-0.05, 0) is 22.9 Å². The number of carbonyl (C=O) groups is 1. The number of carbonyl (C=O) groups excluding carboxylic acids is 1. The van der Waals surface area contributed by atoms with Crippen LogP contribution in [0.25, 0.3) is 21.2 Å². The first kappa shape index (κ1) is 9.36. The van der Waals surface area contributed by atoms with Gasteiger partial charge in [0, 0.05) is 15.8 Å². The van der Waals surface area contributed by atoms with Gasteiger partial charge in [0.05, 0.1) is 6.26 Å². The van der Waals surface area contributed by atoms with Crippen LogP contribution in [0.15, 0.2) is 46.4 Å². The highest BCUT2D eigenvalue weighted by molar-refractivity contribution is 7.17. The van der Waals surface area contributed by atoms with Crippen LogP contribution >= 0.6 is 11.3 Å². The third kappa shape index (κ3) is 1.29. The molecule has 0 radical (unpaired) electrons. The molecule has 3 aromatic rings. The zero-order valence-electron chi connectivity index (χ0n) is 8.34. The Labute approximate surface area is 96.1 Å². The Hall–Kier alpha value is -1.87. The second-order valence-corrected chi connectivity index (χ2v) is 4.38. The van der Waals surface area contributed by atoms with Gasteiger partial charge in [-0.15, -0.1) is 11.3 Å². The second kappa shape index (κ2) is 3.61. The van der Waals surface area contributed by atoms with E-state index in [2.05, 4.69) is 17.5 Å². The molecule has 1 aromatic carbocycles. The largest absolute Gasteiger partial charge is 0.461 e. The van der Waals surface area contributed by atoms with Gasteiger partial charge in [-0.25, -0.2) is 0 Å². The van der Waals surface area contributed by atoms with Gasteiger partial charge < -0.3 is 4.42 Å². The van der Waals surface area contributed by atoms with Crippen molar-refractivity contribution >= 4 is 27.7 Å². The van der Waals surface area contributed by atoms with Crippen LogP contribution in [0, 0.1) is 0 Å². The molecule has 3 rings (SSSR count). The average Bonchev–Trinajstić information content (AvgIpc) is 2.96. The van der Waals surface area contributed by atoms with Crippen molar-refractivity contribution in [1.82, 2.24) is 0 Å². The van der Waals surface area contributed by atoms with Crippen LogP contribution in [0.3, 0.4) is 0 Å². The highest BCUT2D eigenvalue weighted by Crippen LogP contribution is 2.34. The maximum absolute atomic E-state index is 10.8. The van der Waals surface area contributed by atoms with Gasteiger partial charge in [-0.2, -0.15) is 0 Å². The summed E-state index contributed by atoms with van der Waals surface area (Å²) in [5, 5.41) is 3.25. The topological polar surface area (TPSA) is 30.2 Å². The standard InChI is InChI=1S/C13H8O2S/c14-8-12-10(4-6-15-12)11-3-1-2-9-5-7-16-13(9)11/h1-8H. The molecule has 0 amide bonds. The molecule has 0 N–H and O–H groups in total. The van der Waals surface area contributed by atoms with Crippen molar-refractivity contribution in [2.45, 2.75) is 0 Å². The summed E-state index contributed by atoms with van der Waals surface area (Å²) in [5.41, 5.74) is 1.92. The minimum absolute atomic E-state index is 0.390. The summed E-state index contributed by atoms with van der Waals surface area (Å²) in [4.78, 5) is 10.8. The van der Waals surface area contributed by atoms with E-state index in [1.54, 1.807) is 17.6 Å². The molecule has 0 aliphatic carbocycles. The van der Waals surface area contributed by atoms with E-state index in [0.29, 0.717) is 5.76 Å². The smallest absolute Gasteiger partial charge is 0.185 e. The van der Waals surface area contributed by atoms with Gasteiger partial charge in [0.1, 0.15) is 0 Å². The van der Waals surface area contributed by atoms with E-state index in [4.69, 9.17) is 4.42 Å². The lowest BCUT2D eigenvalue weighted by molar-refractivity contribution is 0.110. The van der Waals surface area contributed by atoms with Crippen molar-refractivity contribution in [3.8, 4) is 11.1 Å². The zero-order valence-corrected chi connectivity index (χ0v) is 9.16. The Morgan fingerprint density at radius 3 is 2.94 bits per heavy atom. The van der Waals surface area contributed by atoms with Crippen molar-refractivity contribution in [3.63, 3.8) is 0 Å². The normalized spacial score (nSPS) is 10.8. The number of furan rings is 1. The molecule has 3 heteroatoms. The molecular formula is C13H8O2S. The Bertz CT molecular complexity index is 649. The first-order valence-electron chi connectivity index (χ1n) is 4.89. The number of aldehydes is 1. The molecule has 16 heavy (non-hydrogen) atoms. The van der Waals surface area contributed by atoms with Crippen LogP contribution in [-0.4, -0.2) is 6.29 Å². The molecule has 0 unspecified atom stereocenters. The van der Waals surface area contributed by atoms with Crippen LogP contribution in [-0.2, 0) is 0 Å². The van der Waals surface area contributed by atoms with E-state index in [-0.39, 0.29) is 0 Å². The molecule has 0 bridgehead atoms. The van der Waals surface area contributed by atoms with Gasteiger partial charge in [0.2, 0.25) is 0 Å². The minimum Gasteiger partial charge on any atom is -0.461 e. The van der Waals surface area contributed by atoms with E-state index in [1.165, 1.54) is 10.1 Å². The van der Waals surface area contributed by atoms with Crippen LogP contribution in [0.5, 0.6) is 0 Å². The fourth-order valence-corrected chi connectivity index (χ4v) is 2.77. The van der Waals surface area contributed by atoms with Gasteiger partial charge in [-0.3, -0.25) is 4.79 Å². The maximum atomic E-state index is 10.8. The number of hydrogen-bond acceptors (Lipinski definition) is 3. The Kier molecular flexibility index (Phi) is 2.11. The summed E-state index contributed by atoms with van der Waals surface area (Å²) in [6, 6.07) is 9.97. The van der Waals surface area contributed by atoms with Crippen molar-refractivity contribution in [1.29, 1.82) is 0 Å². The first-order valence-corrected chi connectivity index (χ1v) is 5.77. The lowest BCUT2D eigenvalue weighted by Crippen LogP contribution is -1.81. The number of rotatable bonds is 2.